The molecule has 1 aromatic carbocycles. The molecule has 7 heteroatoms. The minimum Gasteiger partial charge on any atom is -0.486 e. The van der Waals surface area contributed by atoms with Crippen LogP contribution < -0.4 is 10.1 Å². The lowest BCUT2D eigenvalue weighted by Gasteiger charge is -2.17. The van der Waals surface area contributed by atoms with Gasteiger partial charge in [-0.2, -0.15) is 13.2 Å². The Balaban J connectivity index is 0.00000162. The van der Waals surface area contributed by atoms with Gasteiger partial charge in [0.25, 0.3) is 0 Å². The molecule has 2 rings (SSSR count). The van der Waals surface area contributed by atoms with E-state index in [1.807, 2.05) is 0 Å². The summed E-state index contributed by atoms with van der Waals surface area (Å²) in [5.74, 6) is 0.118. The molecule has 0 aromatic heterocycles. The SMILES string of the molecule is Cl.O[C@H]1CNC[C@@H]1Oc1cccc(C(F)(F)F)c1. The van der Waals surface area contributed by atoms with Crippen LogP contribution >= 0.6 is 12.4 Å². The molecule has 1 aromatic rings. The van der Waals surface area contributed by atoms with E-state index in [-0.39, 0.29) is 18.2 Å². The molecule has 0 unspecified atom stereocenters. The summed E-state index contributed by atoms with van der Waals surface area (Å²) in [6.45, 7) is 0.820. The average Bonchev–Trinajstić information content (AvgIpc) is 2.64. The van der Waals surface area contributed by atoms with Gasteiger partial charge in [-0.25, -0.2) is 0 Å². The van der Waals surface area contributed by atoms with Crippen LogP contribution in [0.4, 0.5) is 13.2 Å². The summed E-state index contributed by atoms with van der Waals surface area (Å²) in [4.78, 5) is 0. The molecule has 0 spiro atoms. The molecular formula is C11H13ClF3NO2. The van der Waals surface area contributed by atoms with Crippen molar-refractivity contribution in [1.29, 1.82) is 0 Å². The van der Waals surface area contributed by atoms with Crippen LogP contribution in [0, 0.1) is 0 Å². The zero-order chi connectivity index (χ0) is 12.5. The van der Waals surface area contributed by atoms with Crippen molar-refractivity contribution in [3.05, 3.63) is 29.8 Å². The Hall–Kier alpha value is -0.980. The van der Waals surface area contributed by atoms with E-state index >= 15 is 0 Å². The van der Waals surface area contributed by atoms with E-state index in [2.05, 4.69) is 5.32 Å². The third kappa shape index (κ3) is 3.51. The van der Waals surface area contributed by atoms with E-state index in [1.54, 1.807) is 0 Å². The smallest absolute Gasteiger partial charge is 0.416 e. The van der Waals surface area contributed by atoms with Gasteiger partial charge in [0, 0.05) is 13.1 Å². The van der Waals surface area contributed by atoms with Crippen LogP contribution in [-0.2, 0) is 6.18 Å². The number of aliphatic hydroxyl groups is 1. The van der Waals surface area contributed by atoms with E-state index in [0.29, 0.717) is 13.1 Å². The fourth-order valence-corrected chi connectivity index (χ4v) is 1.68. The third-order valence-corrected chi connectivity index (χ3v) is 2.58. The number of alkyl halides is 3. The summed E-state index contributed by atoms with van der Waals surface area (Å²) in [5, 5.41) is 12.4. The van der Waals surface area contributed by atoms with Crippen LogP contribution in [-0.4, -0.2) is 30.4 Å². The van der Waals surface area contributed by atoms with Crippen molar-refractivity contribution in [3.63, 3.8) is 0 Å². The summed E-state index contributed by atoms with van der Waals surface area (Å²) >= 11 is 0. The molecule has 3 nitrogen and oxygen atoms in total. The van der Waals surface area contributed by atoms with Gasteiger partial charge >= 0.3 is 6.18 Å². The summed E-state index contributed by atoms with van der Waals surface area (Å²) in [6, 6.07) is 4.65. The second-order valence-corrected chi connectivity index (χ2v) is 3.91. The van der Waals surface area contributed by atoms with Crippen molar-refractivity contribution in [2.75, 3.05) is 13.1 Å². The van der Waals surface area contributed by atoms with Crippen molar-refractivity contribution in [3.8, 4) is 5.75 Å². The highest BCUT2D eigenvalue weighted by Crippen LogP contribution is 2.31. The fourth-order valence-electron chi connectivity index (χ4n) is 1.68. The highest BCUT2D eigenvalue weighted by molar-refractivity contribution is 5.85. The Morgan fingerprint density at radius 1 is 1.28 bits per heavy atom. The zero-order valence-corrected chi connectivity index (χ0v) is 10.1. The summed E-state index contributed by atoms with van der Waals surface area (Å²) in [6.07, 6.45) is -5.57. The van der Waals surface area contributed by atoms with Gasteiger partial charge in [-0.1, -0.05) is 6.07 Å². The number of rotatable bonds is 2. The number of hydrogen-bond acceptors (Lipinski definition) is 3. The van der Waals surface area contributed by atoms with E-state index in [4.69, 9.17) is 4.74 Å². The van der Waals surface area contributed by atoms with Gasteiger partial charge in [-0.15, -0.1) is 12.4 Å². The quantitative estimate of drug-likeness (QED) is 0.870. The Kier molecular flexibility index (Phi) is 4.84. The summed E-state index contributed by atoms with van der Waals surface area (Å²) in [7, 11) is 0. The van der Waals surface area contributed by atoms with Gasteiger partial charge < -0.3 is 15.2 Å². The van der Waals surface area contributed by atoms with Gasteiger partial charge in [0.15, 0.2) is 0 Å². The van der Waals surface area contributed by atoms with Crippen LogP contribution in [0.25, 0.3) is 0 Å². The third-order valence-electron chi connectivity index (χ3n) is 2.58. The number of aliphatic hydroxyl groups excluding tert-OH is 1. The minimum atomic E-state index is -4.38. The van der Waals surface area contributed by atoms with Crippen molar-refractivity contribution in [2.45, 2.75) is 18.4 Å². The van der Waals surface area contributed by atoms with Gasteiger partial charge in [0.2, 0.25) is 0 Å². The second-order valence-electron chi connectivity index (χ2n) is 3.91. The number of hydrogen-bond donors (Lipinski definition) is 2. The predicted molar refractivity (Wildman–Crippen MR) is 62.0 cm³/mol. The molecular weight excluding hydrogens is 271 g/mol. The number of β-amino-alcohol motifs (C(OH)–C–C–N with tert-alkyl or cyclic N) is 1. The topological polar surface area (TPSA) is 41.5 Å². The number of halogens is 4. The lowest BCUT2D eigenvalue weighted by atomic mass is 10.2. The maximum atomic E-state index is 12.4. The molecule has 0 saturated carbocycles. The Bertz CT molecular complexity index is 400. The lowest BCUT2D eigenvalue weighted by molar-refractivity contribution is -0.137. The lowest BCUT2D eigenvalue weighted by Crippen LogP contribution is -2.29. The van der Waals surface area contributed by atoms with E-state index in [0.717, 1.165) is 12.1 Å². The molecule has 102 valence electrons. The first-order valence-corrected chi connectivity index (χ1v) is 5.19. The van der Waals surface area contributed by atoms with E-state index in [9.17, 15) is 18.3 Å². The maximum Gasteiger partial charge on any atom is 0.416 e. The van der Waals surface area contributed by atoms with Crippen LogP contribution in [0.2, 0.25) is 0 Å². The van der Waals surface area contributed by atoms with Crippen molar-refractivity contribution in [2.24, 2.45) is 0 Å². The molecule has 0 amide bonds. The average molecular weight is 284 g/mol. The molecule has 0 radical (unpaired) electrons. The number of nitrogens with one attached hydrogen (secondary N) is 1. The molecule has 1 heterocycles. The Morgan fingerprint density at radius 3 is 2.56 bits per heavy atom. The summed E-state index contributed by atoms with van der Waals surface area (Å²) < 4.78 is 42.6. The normalized spacial score (nSPS) is 23.6. The van der Waals surface area contributed by atoms with Gasteiger partial charge in [0.1, 0.15) is 18.0 Å². The molecule has 1 aliphatic rings. The Labute approximate surface area is 108 Å². The van der Waals surface area contributed by atoms with Gasteiger partial charge in [0.05, 0.1) is 5.56 Å². The first-order valence-electron chi connectivity index (χ1n) is 5.19. The number of benzene rings is 1. The molecule has 2 atom stereocenters. The van der Waals surface area contributed by atoms with Crippen molar-refractivity contribution in [1.82, 2.24) is 5.32 Å². The predicted octanol–water partition coefficient (Wildman–Crippen LogP) is 1.84. The monoisotopic (exact) mass is 283 g/mol. The highest BCUT2D eigenvalue weighted by Gasteiger charge is 2.31. The van der Waals surface area contributed by atoms with Crippen LogP contribution in [0.15, 0.2) is 24.3 Å². The molecule has 1 fully saturated rings. The van der Waals surface area contributed by atoms with Crippen molar-refractivity contribution >= 4 is 12.4 Å². The van der Waals surface area contributed by atoms with Gasteiger partial charge in [-0.05, 0) is 18.2 Å². The largest absolute Gasteiger partial charge is 0.486 e. The molecule has 2 N–H and O–H groups in total. The molecule has 1 aliphatic heterocycles. The summed E-state index contributed by atoms with van der Waals surface area (Å²) in [5.41, 5.74) is -0.754. The minimum absolute atomic E-state index is 0. The van der Waals surface area contributed by atoms with Crippen LogP contribution in [0.5, 0.6) is 5.75 Å². The van der Waals surface area contributed by atoms with Crippen molar-refractivity contribution < 1.29 is 23.0 Å². The first-order chi connectivity index (χ1) is 7.97. The molecule has 0 bridgehead atoms. The second kappa shape index (κ2) is 5.77. The Morgan fingerprint density at radius 2 is 2.00 bits per heavy atom. The molecule has 1 saturated heterocycles. The zero-order valence-electron chi connectivity index (χ0n) is 9.28. The molecule has 18 heavy (non-hydrogen) atoms. The first kappa shape index (κ1) is 15.1. The van der Waals surface area contributed by atoms with E-state index < -0.39 is 23.9 Å². The maximum absolute atomic E-state index is 12.4. The van der Waals surface area contributed by atoms with Crippen LogP contribution in [0.3, 0.4) is 0 Å². The van der Waals surface area contributed by atoms with E-state index in [1.165, 1.54) is 12.1 Å². The van der Waals surface area contributed by atoms with Crippen LogP contribution in [0.1, 0.15) is 5.56 Å². The standard InChI is InChI=1S/C11H12F3NO2.ClH/c12-11(13,14)7-2-1-3-8(4-7)17-10-6-15-5-9(10)16;/h1-4,9-10,15-16H,5-6H2;1H/t9-,10-;/m0./s1. The molecule has 0 aliphatic carbocycles. The van der Waals surface area contributed by atoms with Gasteiger partial charge in [-0.3, -0.25) is 0 Å². The fraction of sp³-hybridized carbons (Fsp3) is 0.455. The highest BCUT2D eigenvalue weighted by atomic mass is 35.5. The number of ether oxygens (including phenoxy) is 1.